The maximum Gasteiger partial charge on any atom is 0.188 e. The van der Waals surface area contributed by atoms with Crippen molar-refractivity contribution < 1.29 is 9.13 Å². The Morgan fingerprint density at radius 1 is 1.16 bits per heavy atom. The summed E-state index contributed by atoms with van der Waals surface area (Å²) in [4.78, 5) is 4.46. The molecule has 2 aromatic carbocycles. The fourth-order valence-electron chi connectivity index (χ4n) is 1.74. The maximum absolute atomic E-state index is 12.8. The van der Waals surface area contributed by atoms with Gasteiger partial charge in [0.2, 0.25) is 0 Å². The predicted molar refractivity (Wildman–Crippen MR) is 75.9 cm³/mol. The van der Waals surface area contributed by atoms with E-state index in [0.717, 1.165) is 26.8 Å². The van der Waals surface area contributed by atoms with Gasteiger partial charge in [-0.3, -0.25) is 0 Å². The molecule has 0 bridgehead atoms. The molecule has 0 spiro atoms. The first-order chi connectivity index (χ1) is 9.24. The summed E-state index contributed by atoms with van der Waals surface area (Å²) in [7, 11) is 1.64. The van der Waals surface area contributed by atoms with E-state index >= 15 is 0 Å². The van der Waals surface area contributed by atoms with E-state index in [1.54, 1.807) is 19.2 Å². The van der Waals surface area contributed by atoms with Crippen molar-refractivity contribution in [2.45, 2.75) is 0 Å². The van der Waals surface area contributed by atoms with Gasteiger partial charge in [-0.1, -0.05) is 11.3 Å². The minimum atomic E-state index is -0.250. The molecule has 3 aromatic rings. The average Bonchev–Trinajstić information content (AvgIpc) is 2.82. The molecule has 5 heteroatoms. The van der Waals surface area contributed by atoms with Crippen LogP contribution in [0.3, 0.4) is 0 Å². The zero-order chi connectivity index (χ0) is 13.2. The number of nitrogens with one attached hydrogen (secondary N) is 1. The Morgan fingerprint density at radius 2 is 1.95 bits per heavy atom. The Bertz CT molecular complexity index is 709. The summed E-state index contributed by atoms with van der Waals surface area (Å²) in [6, 6.07) is 11.9. The zero-order valence-corrected chi connectivity index (χ0v) is 11.0. The highest BCUT2D eigenvalue weighted by molar-refractivity contribution is 7.22. The highest BCUT2D eigenvalue weighted by atomic mass is 32.1. The molecule has 1 N–H and O–H groups in total. The van der Waals surface area contributed by atoms with Crippen molar-refractivity contribution in [3.05, 3.63) is 48.3 Å². The number of rotatable bonds is 3. The minimum Gasteiger partial charge on any atom is -0.497 e. The zero-order valence-electron chi connectivity index (χ0n) is 10.2. The van der Waals surface area contributed by atoms with Crippen LogP contribution >= 0.6 is 11.3 Å². The standard InChI is InChI=1S/C14H11FN2OS/c1-18-11-6-7-12-13(8-11)19-14(17-12)16-10-4-2-9(15)3-5-10/h2-8H,1H3,(H,16,17). The molecule has 1 heterocycles. The van der Waals surface area contributed by atoms with Crippen molar-refractivity contribution in [3.63, 3.8) is 0 Å². The first-order valence-electron chi connectivity index (χ1n) is 5.72. The van der Waals surface area contributed by atoms with Crippen molar-refractivity contribution in [1.82, 2.24) is 4.98 Å². The summed E-state index contributed by atoms with van der Waals surface area (Å²) in [5.74, 6) is 0.559. The highest BCUT2D eigenvalue weighted by Crippen LogP contribution is 2.30. The fraction of sp³-hybridized carbons (Fsp3) is 0.0714. The Labute approximate surface area is 113 Å². The van der Waals surface area contributed by atoms with Crippen LogP contribution in [-0.4, -0.2) is 12.1 Å². The van der Waals surface area contributed by atoms with Gasteiger partial charge in [0.1, 0.15) is 11.6 Å². The van der Waals surface area contributed by atoms with E-state index in [4.69, 9.17) is 4.74 Å². The minimum absolute atomic E-state index is 0.250. The summed E-state index contributed by atoms with van der Waals surface area (Å²) in [6.07, 6.45) is 0. The van der Waals surface area contributed by atoms with Gasteiger partial charge in [-0.2, -0.15) is 0 Å². The number of hydrogen-bond donors (Lipinski definition) is 1. The summed E-state index contributed by atoms with van der Waals surface area (Å²) in [5, 5.41) is 3.93. The van der Waals surface area contributed by atoms with E-state index in [1.807, 2.05) is 18.2 Å². The van der Waals surface area contributed by atoms with E-state index in [1.165, 1.54) is 23.5 Å². The van der Waals surface area contributed by atoms with Crippen molar-refractivity contribution in [2.24, 2.45) is 0 Å². The highest BCUT2D eigenvalue weighted by Gasteiger charge is 2.05. The van der Waals surface area contributed by atoms with Gasteiger partial charge in [-0.15, -0.1) is 0 Å². The van der Waals surface area contributed by atoms with Gasteiger partial charge >= 0.3 is 0 Å². The number of thiazole rings is 1. The topological polar surface area (TPSA) is 34.1 Å². The van der Waals surface area contributed by atoms with E-state index in [9.17, 15) is 4.39 Å². The number of nitrogens with zero attached hydrogens (tertiary/aromatic N) is 1. The second-order valence-electron chi connectivity index (χ2n) is 3.98. The van der Waals surface area contributed by atoms with Gasteiger partial charge < -0.3 is 10.1 Å². The first-order valence-corrected chi connectivity index (χ1v) is 6.53. The molecule has 1 aromatic heterocycles. The molecule has 3 rings (SSSR count). The lowest BCUT2D eigenvalue weighted by Gasteiger charge is -2.00. The number of benzene rings is 2. The van der Waals surface area contributed by atoms with Crippen LogP contribution in [0.1, 0.15) is 0 Å². The quantitative estimate of drug-likeness (QED) is 0.777. The summed E-state index contributed by atoms with van der Waals surface area (Å²) in [6.45, 7) is 0. The number of anilines is 2. The van der Waals surface area contributed by atoms with Crippen LogP contribution in [-0.2, 0) is 0 Å². The first kappa shape index (κ1) is 11.9. The van der Waals surface area contributed by atoms with E-state index in [-0.39, 0.29) is 5.82 Å². The molecule has 0 radical (unpaired) electrons. The normalized spacial score (nSPS) is 10.6. The smallest absolute Gasteiger partial charge is 0.188 e. The lowest BCUT2D eigenvalue weighted by atomic mass is 10.3. The Balaban J connectivity index is 1.90. The third-order valence-electron chi connectivity index (χ3n) is 2.69. The maximum atomic E-state index is 12.8. The summed E-state index contributed by atoms with van der Waals surface area (Å²) < 4.78 is 19.0. The number of aromatic nitrogens is 1. The molecule has 96 valence electrons. The molecule has 0 saturated carbocycles. The molecule has 0 aliphatic carbocycles. The molecule has 0 atom stereocenters. The van der Waals surface area contributed by atoms with Crippen molar-refractivity contribution in [2.75, 3.05) is 12.4 Å². The lowest BCUT2D eigenvalue weighted by molar-refractivity contribution is 0.415. The molecule has 0 amide bonds. The van der Waals surface area contributed by atoms with Gasteiger partial charge in [0.15, 0.2) is 5.13 Å². The molecule has 0 saturated heterocycles. The van der Waals surface area contributed by atoms with Crippen LogP contribution in [0.4, 0.5) is 15.2 Å². The lowest BCUT2D eigenvalue weighted by Crippen LogP contribution is -1.88. The second kappa shape index (κ2) is 4.85. The molecular weight excluding hydrogens is 263 g/mol. The van der Waals surface area contributed by atoms with Crippen LogP contribution in [0.15, 0.2) is 42.5 Å². The van der Waals surface area contributed by atoms with Crippen LogP contribution in [0.25, 0.3) is 10.2 Å². The SMILES string of the molecule is COc1ccc2nc(Nc3ccc(F)cc3)sc2c1. The van der Waals surface area contributed by atoms with E-state index in [0.29, 0.717) is 0 Å². The largest absolute Gasteiger partial charge is 0.497 e. The summed E-state index contributed by atoms with van der Waals surface area (Å²) >= 11 is 1.53. The van der Waals surface area contributed by atoms with Gasteiger partial charge in [0.05, 0.1) is 17.3 Å². The Hall–Kier alpha value is -2.14. The molecular formula is C14H11FN2OS. The van der Waals surface area contributed by atoms with Crippen LogP contribution in [0, 0.1) is 5.82 Å². The van der Waals surface area contributed by atoms with Crippen LogP contribution in [0.2, 0.25) is 0 Å². The molecule has 0 fully saturated rings. The number of ether oxygens (including phenoxy) is 1. The van der Waals surface area contributed by atoms with Gasteiger partial charge in [-0.25, -0.2) is 9.37 Å². The van der Waals surface area contributed by atoms with Crippen LogP contribution < -0.4 is 10.1 Å². The molecule has 3 nitrogen and oxygen atoms in total. The van der Waals surface area contributed by atoms with Gasteiger partial charge in [0.25, 0.3) is 0 Å². The fourth-order valence-corrected chi connectivity index (χ4v) is 2.66. The van der Waals surface area contributed by atoms with Crippen molar-refractivity contribution in [3.8, 4) is 5.75 Å². The molecule has 0 aliphatic heterocycles. The predicted octanol–water partition coefficient (Wildman–Crippen LogP) is 4.19. The van der Waals surface area contributed by atoms with E-state index in [2.05, 4.69) is 10.3 Å². The van der Waals surface area contributed by atoms with Gasteiger partial charge in [0, 0.05) is 5.69 Å². The molecule has 19 heavy (non-hydrogen) atoms. The Morgan fingerprint density at radius 3 is 2.68 bits per heavy atom. The monoisotopic (exact) mass is 274 g/mol. The third kappa shape index (κ3) is 2.51. The second-order valence-corrected chi connectivity index (χ2v) is 5.02. The average molecular weight is 274 g/mol. The van der Waals surface area contributed by atoms with Crippen LogP contribution in [0.5, 0.6) is 5.75 Å². The van der Waals surface area contributed by atoms with Crippen molar-refractivity contribution in [1.29, 1.82) is 0 Å². The molecule has 0 aliphatic rings. The molecule has 0 unspecified atom stereocenters. The Kier molecular flexibility index (Phi) is 3.05. The number of halogens is 1. The van der Waals surface area contributed by atoms with E-state index < -0.39 is 0 Å². The summed E-state index contributed by atoms with van der Waals surface area (Å²) in [5.41, 5.74) is 1.72. The number of hydrogen-bond acceptors (Lipinski definition) is 4. The van der Waals surface area contributed by atoms with Crippen molar-refractivity contribution >= 4 is 32.4 Å². The third-order valence-corrected chi connectivity index (χ3v) is 3.62. The number of fused-ring (bicyclic) bond motifs is 1. The number of methoxy groups -OCH3 is 1. The van der Waals surface area contributed by atoms with Gasteiger partial charge in [-0.05, 0) is 42.5 Å².